The van der Waals surface area contributed by atoms with Crippen molar-refractivity contribution >= 4 is 17.4 Å². The number of benzene rings is 3. The minimum absolute atomic E-state index is 0.152. The summed E-state index contributed by atoms with van der Waals surface area (Å²) in [4.78, 5) is 27.2. The summed E-state index contributed by atoms with van der Waals surface area (Å²) < 4.78 is 0. The van der Waals surface area contributed by atoms with Gasteiger partial charge in [-0.1, -0.05) is 66.7 Å². The number of hydrogen-bond donors (Lipinski definition) is 0. The van der Waals surface area contributed by atoms with E-state index >= 15 is 0 Å². The number of para-hydroxylation sites is 1. The van der Waals surface area contributed by atoms with Crippen molar-refractivity contribution in [2.75, 3.05) is 11.9 Å². The van der Waals surface area contributed by atoms with Crippen LogP contribution in [0.5, 0.6) is 0 Å². The SMILES string of the molecule is CN(C(=O)c1ccccc1C(=O)c1ccccc1)c1ccccc1. The first-order chi connectivity index (χ1) is 11.7. The average Bonchev–Trinajstić information content (AvgIpc) is 2.67. The fourth-order valence-electron chi connectivity index (χ4n) is 2.56. The summed E-state index contributed by atoms with van der Waals surface area (Å²) in [6.07, 6.45) is 0. The number of ketones is 1. The maximum absolute atomic E-state index is 12.9. The topological polar surface area (TPSA) is 37.4 Å². The molecule has 0 radical (unpaired) electrons. The van der Waals surface area contributed by atoms with Crippen LogP contribution in [0.15, 0.2) is 84.9 Å². The quantitative estimate of drug-likeness (QED) is 0.677. The molecule has 0 spiro atoms. The molecule has 3 aromatic rings. The zero-order chi connectivity index (χ0) is 16.9. The molecular weight excluding hydrogens is 298 g/mol. The summed E-state index contributed by atoms with van der Waals surface area (Å²) in [7, 11) is 1.71. The first-order valence-corrected chi connectivity index (χ1v) is 7.70. The van der Waals surface area contributed by atoms with Gasteiger partial charge in [-0.05, 0) is 18.2 Å². The molecule has 0 aromatic heterocycles. The van der Waals surface area contributed by atoms with Crippen LogP contribution in [0.1, 0.15) is 26.3 Å². The predicted molar refractivity (Wildman–Crippen MR) is 95.5 cm³/mol. The number of carbonyl (C=O) groups is 2. The second-order valence-corrected chi connectivity index (χ2v) is 5.44. The minimum Gasteiger partial charge on any atom is -0.311 e. The van der Waals surface area contributed by atoms with Crippen LogP contribution in [0.4, 0.5) is 5.69 Å². The second kappa shape index (κ2) is 6.92. The lowest BCUT2D eigenvalue weighted by Crippen LogP contribution is -2.28. The molecule has 0 aliphatic rings. The van der Waals surface area contributed by atoms with Crippen LogP contribution < -0.4 is 4.90 Å². The summed E-state index contributed by atoms with van der Waals surface area (Å²) in [6.45, 7) is 0. The van der Waals surface area contributed by atoms with Crippen molar-refractivity contribution < 1.29 is 9.59 Å². The fourth-order valence-corrected chi connectivity index (χ4v) is 2.56. The van der Waals surface area contributed by atoms with E-state index in [2.05, 4.69) is 0 Å². The zero-order valence-electron chi connectivity index (χ0n) is 13.3. The maximum atomic E-state index is 12.9. The Morgan fingerprint density at radius 2 is 1.17 bits per heavy atom. The Kier molecular flexibility index (Phi) is 4.52. The summed E-state index contributed by atoms with van der Waals surface area (Å²) in [5, 5.41) is 0. The third kappa shape index (κ3) is 3.10. The molecule has 0 atom stereocenters. The second-order valence-electron chi connectivity index (χ2n) is 5.44. The third-order valence-corrected chi connectivity index (χ3v) is 3.89. The molecule has 0 saturated carbocycles. The minimum atomic E-state index is -0.207. The van der Waals surface area contributed by atoms with E-state index in [4.69, 9.17) is 0 Å². The Bertz CT molecular complexity index is 857. The molecular formula is C21H17NO2. The van der Waals surface area contributed by atoms with Crippen LogP contribution in [0.25, 0.3) is 0 Å². The molecule has 3 rings (SSSR count). The highest BCUT2D eigenvalue weighted by Gasteiger charge is 2.21. The molecule has 0 fully saturated rings. The Morgan fingerprint density at radius 1 is 0.667 bits per heavy atom. The van der Waals surface area contributed by atoms with Crippen LogP contribution >= 0.6 is 0 Å². The van der Waals surface area contributed by atoms with Gasteiger partial charge in [-0.3, -0.25) is 9.59 Å². The van der Waals surface area contributed by atoms with Crippen LogP contribution in [-0.2, 0) is 0 Å². The number of rotatable bonds is 4. The highest BCUT2D eigenvalue weighted by molar-refractivity contribution is 6.18. The van der Waals surface area contributed by atoms with Gasteiger partial charge in [-0.2, -0.15) is 0 Å². The Labute approximate surface area is 141 Å². The van der Waals surface area contributed by atoms with Crippen LogP contribution in [0.2, 0.25) is 0 Å². The van der Waals surface area contributed by atoms with Crippen molar-refractivity contribution in [2.45, 2.75) is 0 Å². The van der Waals surface area contributed by atoms with Crippen molar-refractivity contribution in [3.63, 3.8) is 0 Å². The molecule has 0 N–H and O–H groups in total. The third-order valence-electron chi connectivity index (χ3n) is 3.89. The smallest absolute Gasteiger partial charge is 0.258 e. The van der Waals surface area contributed by atoms with E-state index in [0.717, 1.165) is 5.69 Å². The first-order valence-electron chi connectivity index (χ1n) is 7.70. The molecule has 118 valence electrons. The van der Waals surface area contributed by atoms with Crippen molar-refractivity contribution in [3.05, 3.63) is 102 Å². The first kappa shape index (κ1) is 15.7. The summed E-state index contributed by atoms with van der Waals surface area (Å²) in [5.74, 6) is -0.359. The number of nitrogens with zero attached hydrogens (tertiary/aromatic N) is 1. The monoisotopic (exact) mass is 315 g/mol. The van der Waals surface area contributed by atoms with Gasteiger partial charge in [0.05, 0.1) is 5.56 Å². The van der Waals surface area contributed by atoms with Crippen molar-refractivity contribution in [1.82, 2.24) is 0 Å². The van der Waals surface area contributed by atoms with E-state index in [1.165, 1.54) is 0 Å². The molecule has 0 bridgehead atoms. The van der Waals surface area contributed by atoms with Gasteiger partial charge < -0.3 is 4.90 Å². The average molecular weight is 315 g/mol. The highest BCUT2D eigenvalue weighted by atomic mass is 16.2. The van der Waals surface area contributed by atoms with Crippen molar-refractivity contribution in [2.24, 2.45) is 0 Å². The molecule has 0 unspecified atom stereocenters. The number of anilines is 1. The molecule has 0 saturated heterocycles. The van der Waals surface area contributed by atoms with Gasteiger partial charge in [0, 0.05) is 23.9 Å². The van der Waals surface area contributed by atoms with Gasteiger partial charge in [-0.25, -0.2) is 0 Å². The fraction of sp³-hybridized carbons (Fsp3) is 0.0476. The van der Waals surface area contributed by atoms with Gasteiger partial charge >= 0.3 is 0 Å². The summed E-state index contributed by atoms with van der Waals surface area (Å²) >= 11 is 0. The molecule has 24 heavy (non-hydrogen) atoms. The highest BCUT2D eigenvalue weighted by Crippen LogP contribution is 2.19. The molecule has 1 amide bonds. The molecule has 3 heteroatoms. The lowest BCUT2D eigenvalue weighted by atomic mass is 9.97. The van der Waals surface area contributed by atoms with E-state index in [1.54, 1.807) is 48.3 Å². The van der Waals surface area contributed by atoms with Crippen LogP contribution in [-0.4, -0.2) is 18.7 Å². The largest absolute Gasteiger partial charge is 0.311 e. The molecule has 3 nitrogen and oxygen atoms in total. The van der Waals surface area contributed by atoms with Gasteiger partial charge in [0.2, 0.25) is 0 Å². The predicted octanol–water partition coefficient (Wildman–Crippen LogP) is 4.19. The van der Waals surface area contributed by atoms with E-state index in [0.29, 0.717) is 16.7 Å². The van der Waals surface area contributed by atoms with Crippen molar-refractivity contribution in [1.29, 1.82) is 0 Å². The van der Waals surface area contributed by atoms with E-state index in [9.17, 15) is 9.59 Å². The van der Waals surface area contributed by atoms with Crippen molar-refractivity contribution in [3.8, 4) is 0 Å². The molecule has 3 aromatic carbocycles. The van der Waals surface area contributed by atoms with Gasteiger partial charge in [0.1, 0.15) is 0 Å². The Balaban J connectivity index is 1.98. The number of carbonyl (C=O) groups excluding carboxylic acids is 2. The Morgan fingerprint density at radius 3 is 1.79 bits per heavy atom. The van der Waals surface area contributed by atoms with E-state index in [-0.39, 0.29) is 11.7 Å². The standard InChI is InChI=1S/C21H17NO2/c1-22(17-12-6-3-7-13-17)21(24)19-15-9-8-14-18(19)20(23)16-10-4-2-5-11-16/h2-15H,1H3. The van der Waals surface area contributed by atoms with Gasteiger partial charge in [0.25, 0.3) is 5.91 Å². The maximum Gasteiger partial charge on any atom is 0.258 e. The zero-order valence-corrected chi connectivity index (χ0v) is 13.3. The van der Waals surface area contributed by atoms with Crippen LogP contribution in [0, 0.1) is 0 Å². The normalized spacial score (nSPS) is 10.2. The van der Waals surface area contributed by atoms with Gasteiger partial charge in [-0.15, -0.1) is 0 Å². The van der Waals surface area contributed by atoms with E-state index < -0.39 is 0 Å². The van der Waals surface area contributed by atoms with Crippen LogP contribution in [0.3, 0.4) is 0 Å². The van der Waals surface area contributed by atoms with E-state index in [1.807, 2.05) is 48.5 Å². The summed E-state index contributed by atoms with van der Waals surface area (Å²) in [6, 6.07) is 25.3. The van der Waals surface area contributed by atoms with Gasteiger partial charge in [0.15, 0.2) is 5.78 Å². The molecule has 0 aliphatic heterocycles. The lowest BCUT2D eigenvalue weighted by molar-refractivity contribution is 0.0976. The lowest BCUT2D eigenvalue weighted by Gasteiger charge is -2.19. The number of hydrogen-bond acceptors (Lipinski definition) is 2. The molecule has 0 aliphatic carbocycles. The summed E-state index contributed by atoms with van der Waals surface area (Å²) in [5.41, 5.74) is 2.17. The number of amides is 1. The Hall–Kier alpha value is -3.20. The molecule has 0 heterocycles.